The smallest absolute Gasteiger partial charge is 0.408 e. The molecule has 0 unspecified atom stereocenters. The number of nitrogens with zero attached hydrogens (tertiary/aromatic N) is 3. The van der Waals surface area contributed by atoms with Gasteiger partial charge in [0.05, 0.1) is 17.0 Å². The van der Waals surface area contributed by atoms with E-state index in [4.69, 9.17) is 20.5 Å². The number of aryl methyl sites for hydroxylation is 1. The SMILES string of the molecule is Cc1nc(Cn2c(=O)oc3cc(S(=O)(=O)NCCc4ccc(Cl)cc4)ccc32)no1. The zero-order valence-electron chi connectivity index (χ0n) is 15.8. The molecule has 0 spiro atoms. The molecule has 11 heteroatoms. The van der Waals surface area contributed by atoms with Crippen LogP contribution in [0.2, 0.25) is 5.02 Å². The van der Waals surface area contributed by atoms with E-state index < -0.39 is 15.8 Å². The molecule has 0 fully saturated rings. The number of oxazole rings is 1. The molecule has 2 heterocycles. The monoisotopic (exact) mass is 448 g/mol. The molecule has 0 atom stereocenters. The molecule has 0 bridgehead atoms. The number of sulfonamides is 1. The maximum Gasteiger partial charge on any atom is 0.420 e. The first-order valence-corrected chi connectivity index (χ1v) is 10.8. The first kappa shape index (κ1) is 20.3. The van der Waals surface area contributed by atoms with Gasteiger partial charge in [0.15, 0.2) is 11.4 Å². The van der Waals surface area contributed by atoms with Crippen LogP contribution in [0.4, 0.5) is 0 Å². The molecule has 156 valence electrons. The largest absolute Gasteiger partial charge is 0.420 e. The maximum atomic E-state index is 12.6. The summed E-state index contributed by atoms with van der Waals surface area (Å²) in [7, 11) is -3.78. The maximum absolute atomic E-state index is 12.6. The molecule has 2 aromatic carbocycles. The second kappa shape index (κ2) is 8.05. The van der Waals surface area contributed by atoms with Crippen molar-refractivity contribution in [1.82, 2.24) is 19.4 Å². The molecular formula is C19H17ClN4O5S. The Balaban J connectivity index is 1.52. The van der Waals surface area contributed by atoms with Gasteiger partial charge in [0, 0.05) is 24.6 Å². The Kier molecular flexibility index (Phi) is 5.46. The number of aromatic nitrogens is 3. The summed E-state index contributed by atoms with van der Waals surface area (Å²) >= 11 is 5.85. The summed E-state index contributed by atoms with van der Waals surface area (Å²) in [5.74, 6) is 0.0551. The molecule has 0 saturated carbocycles. The second-order valence-corrected chi connectivity index (χ2v) is 8.79. The Hall–Kier alpha value is -2.95. The average Bonchev–Trinajstić information content (AvgIpc) is 3.26. The van der Waals surface area contributed by atoms with E-state index >= 15 is 0 Å². The summed E-state index contributed by atoms with van der Waals surface area (Å²) in [5.41, 5.74) is 1.54. The van der Waals surface area contributed by atoms with Gasteiger partial charge in [-0.05, 0) is 36.2 Å². The highest BCUT2D eigenvalue weighted by Gasteiger charge is 2.18. The number of fused-ring (bicyclic) bond motifs is 1. The average molecular weight is 449 g/mol. The van der Waals surface area contributed by atoms with Crippen molar-refractivity contribution in [3.63, 3.8) is 0 Å². The van der Waals surface area contributed by atoms with Crippen LogP contribution in [0, 0.1) is 6.92 Å². The fraction of sp³-hybridized carbons (Fsp3) is 0.211. The normalized spacial score (nSPS) is 11.9. The minimum absolute atomic E-state index is 0.00223. The van der Waals surface area contributed by atoms with Gasteiger partial charge in [0.1, 0.15) is 0 Å². The fourth-order valence-corrected chi connectivity index (χ4v) is 4.15. The van der Waals surface area contributed by atoms with E-state index in [2.05, 4.69) is 14.9 Å². The third-order valence-electron chi connectivity index (χ3n) is 4.44. The van der Waals surface area contributed by atoms with Crippen LogP contribution in [0.5, 0.6) is 0 Å². The standard InChI is InChI=1S/C19H17ClN4O5S/c1-12-22-18(23-29-12)11-24-16-7-6-15(10-17(16)28-19(24)25)30(26,27)21-9-8-13-2-4-14(20)5-3-13/h2-7,10,21H,8-9,11H2,1H3. The quantitative estimate of drug-likeness (QED) is 0.461. The summed E-state index contributed by atoms with van der Waals surface area (Å²) in [6.45, 7) is 1.91. The van der Waals surface area contributed by atoms with Crippen molar-refractivity contribution in [1.29, 1.82) is 0 Å². The predicted octanol–water partition coefficient (Wildman–Crippen LogP) is 2.51. The van der Waals surface area contributed by atoms with Gasteiger partial charge in [-0.1, -0.05) is 28.9 Å². The Morgan fingerprint density at radius 3 is 2.63 bits per heavy atom. The molecule has 2 aromatic heterocycles. The summed E-state index contributed by atoms with van der Waals surface area (Å²) in [4.78, 5) is 16.3. The number of benzene rings is 2. The van der Waals surface area contributed by atoms with Crippen LogP contribution in [0.3, 0.4) is 0 Å². The molecule has 0 saturated heterocycles. The van der Waals surface area contributed by atoms with Gasteiger partial charge in [0.25, 0.3) is 0 Å². The molecule has 0 amide bonds. The molecule has 4 rings (SSSR count). The molecule has 30 heavy (non-hydrogen) atoms. The first-order valence-electron chi connectivity index (χ1n) is 8.98. The van der Waals surface area contributed by atoms with Crippen LogP contribution >= 0.6 is 11.6 Å². The van der Waals surface area contributed by atoms with Crippen LogP contribution in [-0.2, 0) is 23.0 Å². The third-order valence-corrected chi connectivity index (χ3v) is 6.15. The molecule has 0 aliphatic rings. The topological polar surface area (TPSA) is 120 Å². The lowest BCUT2D eigenvalue weighted by Crippen LogP contribution is -2.26. The third kappa shape index (κ3) is 4.30. The number of hydrogen-bond acceptors (Lipinski definition) is 7. The zero-order valence-corrected chi connectivity index (χ0v) is 17.4. The van der Waals surface area contributed by atoms with E-state index in [9.17, 15) is 13.2 Å². The van der Waals surface area contributed by atoms with Crippen molar-refractivity contribution in [2.75, 3.05) is 6.54 Å². The molecule has 0 aliphatic heterocycles. The molecular weight excluding hydrogens is 432 g/mol. The van der Waals surface area contributed by atoms with Gasteiger partial charge in [-0.15, -0.1) is 0 Å². The van der Waals surface area contributed by atoms with Crippen molar-refractivity contribution in [2.45, 2.75) is 24.8 Å². The van der Waals surface area contributed by atoms with E-state index in [-0.39, 0.29) is 23.6 Å². The lowest BCUT2D eigenvalue weighted by Gasteiger charge is -2.07. The summed E-state index contributed by atoms with van der Waals surface area (Å²) < 4.78 is 39.2. The van der Waals surface area contributed by atoms with E-state index in [1.807, 2.05) is 12.1 Å². The van der Waals surface area contributed by atoms with Gasteiger partial charge in [0.2, 0.25) is 15.9 Å². The van der Waals surface area contributed by atoms with Crippen LogP contribution in [0.1, 0.15) is 17.3 Å². The molecule has 1 N–H and O–H groups in total. The molecule has 0 radical (unpaired) electrons. The highest BCUT2D eigenvalue weighted by molar-refractivity contribution is 7.89. The van der Waals surface area contributed by atoms with Gasteiger partial charge in [-0.25, -0.2) is 17.9 Å². The minimum Gasteiger partial charge on any atom is -0.408 e. The summed E-state index contributed by atoms with van der Waals surface area (Å²) in [6.07, 6.45) is 0.508. The molecule has 4 aromatic rings. The van der Waals surface area contributed by atoms with Gasteiger partial charge in [-0.3, -0.25) is 4.57 Å². The van der Waals surface area contributed by atoms with Crippen LogP contribution in [0.25, 0.3) is 11.1 Å². The fourth-order valence-electron chi connectivity index (χ4n) is 2.97. The number of halogens is 1. The Labute approximate surface area is 176 Å². The van der Waals surface area contributed by atoms with Crippen molar-refractivity contribution in [2.24, 2.45) is 0 Å². The van der Waals surface area contributed by atoms with Crippen molar-refractivity contribution < 1.29 is 17.4 Å². The number of hydrogen-bond donors (Lipinski definition) is 1. The Bertz CT molecular complexity index is 1360. The van der Waals surface area contributed by atoms with Crippen molar-refractivity contribution >= 4 is 32.7 Å². The van der Waals surface area contributed by atoms with Gasteiger partial charge < -0.3 is 8.94 Å². The van der Waals surface area contributed by atoms with E-state index in [0.717, 1.165) is 5.56 Å². The highest BCUT2D eigenvalue weighted by atomic mass is 35.5. The summed E-state index contributed by atoms with van der Waals surface area (Å²) in [5, 5.41) is 4.38. The lowest BCUT2D eigenvalue weighted by molar-refractivity contribution is 0.385. The first-order chi connectivity index (χ1) is 14.3. The molecule has 0 aliphatic carbocycles. The van der Waals surface area contributed by atoms with Gasteiger partial charge >= 0.3 is 5.76 Å². The zero-order chi connectivity index (χ0) is 21.3. The summed E-state index contributed by atoms with van der Waals surface area (Å²) in [6, 6.07) is 11.4. The van der Waals surface area contributed by atoms with E-state index in [0.29, 0.717) is 28.7 Å². The Morgan fingerprint density at radius 2 is 1.93 bits per heavy atom. The molecule has 9 nitrogen and oxygen atoms in total. The second-order valence-electron chi connectivity index (χ2n) is 6.59. The van der Waals surface area contributed by atoms with E-state index in [1.54, 1.807) is 19.1 Å². The highest BCUT2D eigenvalue weighted by Crippen LogP contribution is 2.19. The van der Waals surface area contributed by atoms with E-state index in [1.165, 1.54) is 22.8 Å². The van der Waals surface area contributed by atoms with Crippen LogP contribution < -0.4 is 10.5 Å². The number of rotatable bonds is 7. The van der Waals surface area contributed by atoms with Gasteiger partial charge in [-0.2, -0.15) is 4.98 Å². The van der Waals surface area contributed by atoms with Crippen molar-refractivity contribution in [3.05, 3.63) is 75.3 Å². The lowest BCUT2D eigenvalue weighted by atomic mass is 10.2. The Morgan fingerprint density at radius 1 is 1.17 bits per heavy atom. The van der Waals surface area contributed by atoms with Crippen LogP contribution in [0.15, 0.2) is 61.1 Å². The van der Waals surface area contributed by atoms with Crippen molar-refractivity contribution in [3.8, 4) is 0 Å². The van der Waals surface area contributed by atoms with Crippen LogP contribution in [-0.4, -0.2) is 29.7 Å². The number of nitrogens with one attached hydrogen (secondary N) is 1. The predicted molar refractivity (Wildman–Crippen MR) is 109 cm³/mol. The minimum atomic E-state index is -3.78.